The van der Waals surface area contributed by atoms with E-state index < -0.39 is 0 Å². The van der Waals surface area contributed by atoms with Crippen LogP contribution in [0.15, 0.2) is 24.3 Å². The van der Waals surface area contributed by atoms with Crippen molar-refractivity contribution >= 4 is 22.6 Å². The summed E-state index contributed by atoms with van der Waals surface area (Å²) in [7, 11) is 0. The van der Waals surface area contributed by atoms with Gasteiger partial charge in [-0.1, -0.05) is 45.4 Å². The first-order chi connectivity index (χ1) is 9.13. The first kappa shape index (κ1) is 15.3. The summed E-state index contributed by atoms with van der Waals surface area (Å²) in [6.07, 6.45) is 4.12. The van der Waals surface area contributed by atoms with Crippen molar-refractivity contribution in [2.75, 3.05) is 6.54 Å². The van der Waals surface area contributed by atoms with Crippen LogP contribution in [0.3, 0.4) is 0 Å². The molecule has 1 saturated carbocycles. The van der Waals surface area contributed by atoms with Crippen LogP contribution in [0, 0.1) is 21.3 Å². The Kier molecular flexibility index (Phi) is 5.70. The maximum Gasteiger partial charge on any atom is 0.0359 e. The molecule has 0 bridgehead atoms. The Morgan fingerprint density at radius 2 is 1.95 bits per heavy atom. The van der Waals surface area contributed by atoms with Crippen molar-refractivity contribution in [3.8, 4) is 0 Å². The number of benzene rings is 1. The van der Waals surface area contributed by atoms with Crippen LogP contribution < -0.4 is 5.32 Å². The highest BCUT2D eigenvalue weighted by atomic mass is 127. The predicted octanol–water partition coefficient (Wildman–Crippen LogP) is 5.01. The molecule has 1 N–H and O–H groups in total. The Labute approximate surface area is 131 Å². The third-order valence-corrected chi connectivity index (χ3v) is 5.76. The first-order valence-electron chi connectivity index (χ1n) is 7.61. The molecule has 19 heavy (non-hydrogen) atoms. The number of rotatable bonds is 4. The van der Waals surface area contributed by atoms with Crippen molar-refractivity contribution in [1.29, 1.82) is 0 Å². The molecule has 0 aromatic heterocycles. The molecule has 106 valence electrons. The highest BCUT2D eigenvalue weighted by Gasteiger charge is 2.31. The lowest BCUT2D eigenvalue weighted by atomic mass is 9.72. The number of hydrogen-bond donors (Lipinski definition) is 1. The summed E-state index contributed by atoms with van der Waals surface area (Å²) in [4.78, 5) is 0. The number of nitrogens with one attached hydrogen (secondary N) is 1. The van der Waals surface area contributed by atoms with Crippen molar-refractivity contribution in [3.05, 3.63) is 33.4 Å². The van der Waals surface area contributed by atoms with Crippen molar-refractivity contribution < 1.29 is 0 Å². The fourth-order valence-corrected chi connectivity index (χ4v) is 4.09. The van der Waals surface area contributed by atoms with Crippen LogP contribution in [0.1, 0.15) is 51.6 Å². The van der Waals surface area contributed by atoms with E-state index in [1.54, 1.807) is 0 Å². The lowest BCUT2D eigenvalue weighted by Crippen LogP contribution is -2.33. The number of hydrogen-bond acceptors (Lipinski definition) is 1. The second-order valence-corrected chi connectivity index (χ2v) is 7.25. The Hall–Kier alpha value is -0.0900. The molecule has 2 rings (SSSR count). The summed E-state index contributed by atoms with van der Waals surface area (Å²) in [6, 6.07) is 9.39. The molecule has 1 aromatic rings. The first-order valence-corrected chi connectivity index (χ1v) is 8.69. The van der Waals surface area contributed by atoms with E-state index in [4.69, 9.17) is 0 Å². The molecule has 4 atom stereocenters. The van der Waals surface area contributed by atoms with E-state index in [9.17, 15) is 0 Å². The van der Waals surface area contributed by atoms with E-state index >= 15 is 0 Å². The Morgan fingerprint density at radius 1 is 1.21 bits per heavy atom. The van der Waals surface area contributed by atoms with E-state index in [2.05, 4.69) is 72.9 Å². The van der Waals surface area contributed by atoms with E-state index in [-0.39, 0.29) is 0 Å². The summed E-state index contributed by atoms with van der Waals surface area (Å²) in [5, 5.41) is 3.74. The standard InChI is InChI=1S/C17H26IN/c1-4-19-17(15-7-5-6-8-16(15)18)14-10-9-12(2)13(3)11-14/h5-8,12-14,17,19H,4,9-11H2,1-3H3. The maximum absolute atomic E-state index is 3.74. The monoisotopic (exact) mass is 371 g/mol. The van der Waals surface area contributed by atoms with Gasteiger partial charge in [-0.2, -0.15) is 0 Å². The fraction of sp³-hybridized carbons (Fsp3) is 0.647. The van der Waals surface area contributed by atoms with Crippen molar-refractivity contribution in [2.45, 2.75) is 46.1 Å². The minimum atomic E-state index is 0.535. The minimum Gasteiger partial charge on any atom is -0.310 e. The highest BCUT2D eigenvalue weighted by molar-refractivity contribution is 14.1. The summed E-state index contributed by atoms with van der Waals surface area (Å²) in [5.41, 5.74) is 1.50. The maximum atomic E-state index is 3.74. The minimum absolute atomic E-state index is 0.535. The molecule has 1 fully saturated rings. The van der Waals surface area contributed by atoms with Crippen LogP contribution in [-0.2, 0) is 0 Å². The zero-order chi connectivity index (χ0) is 13.8. The fourth-order valence-electron chi connectivity index (χ4n) is 3.37. The molecule has 0 aliphatic heterocycles. The van der Waals surface area contributed by atoms with Crippen LogP contribution in [0.4, 0.5) is 0 Å². The van der Waals surface area contributed by atoms with Crippen molar-refractivity contribution in [1.82, 2.24) is 5.32 Å². The third kappa shape index (κ3) is 3.72. The van der Waals surface area contributed by atoms with E-state index in [0.717, 1.165) is 24.3 Å². The zero-order valence-electron chi connectivity index (χ0n) is 12.3. The summed E-state index contributed by atoms with van der Waals surface area (Å²) >= 11 is 2.48. The Bertz CT molecular complexity index is 404. The molecule has 0 saturated heterocycles. The molecule has 1 aromatic carbocycles. The molecule has 0 amide bonds. The van der Waals surface area contributed by atoms with Crippen LogP contribution in [0.5, 0.6) is 0 Å². The van der Waals surface area contributed by atoms with Crippen LogP contribution >= 0.6 is 22.6 Å². The Morgan fingerprint density at radius 3 is 2.58 bits per heavy atom. The predicted molar refractivity (Wildman–Crippen MR) is 91.2 cm³/mol. The average Bonchev–Trinajstić information content (AvgIpc) is 2.40. The average molecular weight is 371 g/mol. The van der Waals surface area contributed by atoms with Crippen LogP contribution in [-0.4, -0.2) is 6.54 Å². The van der Waals surface area contributed by atoms with E-state index in [0.29, 0.717) is 6.04 Å². The molecule has 2 heteroatoms. The summed E-state index contributed by atoms with van der Waals surface area (Å²) in [6.45, 7) is 8.11. The third-order valence-electron chi connectivity index (χ3n) is 4.77. The molecule has 0 spiro atoms. The molecule has 1 aliphatic rings. The molecular weight excluding hydrogens is 345 g/mol. The zero-order valence-corrected chi connectivity index (χ0v) is 14.5. The van der Waals surface area contributed by atoms with Gasteiger partial charge in [-0.25, -0.2) is 0 Å². The topological polar surface area (TPSA) is 12.0 Å². The van der Waals surface area contributed by atoms with Crippen molar-refractivity contribution in [2.24, 2.45) is 17.8 Å². The lowest BCUT2D eigenvalue weighted by Gasteiger charge is -2.37. The van der Waals surface area contributed by atoms with Gasteiger partial charge in [0.25, 0.3) is 0 Å². The van der Waals surface area contributed by atoms with Gasteiger partial charge in [0.2, 0.25) is 0 Å². The highest BCUT2D eigenvalue weighted by Crippen LogP contribution is 2.40. The van der Waals surface area contributed by atoms with E-state index in [1.165, 1.54) is 28.4 Å². The second-order valence-electron chi connectivity index (χ2n) is 6.08. The molecule has 0 heterocycles. The Balaban J connectivity index is 2.19. The van der Waals surface area contributed by atoms with Gasteiger partial charge in [0.15, 0.2) is 0 Å². The number of halogens is 1. The summed E-state index contributed by atoms with van der Waals surface area (Å²) in [5.74, 6) is 2.55. The molecule has 1 nitrogen and oxygen atoms in total. The van der Waals surface area contributed by atoms with Gasteiger partial charge in [0, 0.05) is 9.61 Å². The quantitative estimate of drug-likeness (QED) is 0.734. The smallest absolute Gasteiger partial charge is 0.0359 e. The largest absolute Gasteiger partial charge is 0.310 e. The van der Waals surface area contributed by atoms with Gasteiger partial charge in [0.05, 0.1) is 0 Å². The van der Waals surface area contributed by atoms with Gasteiger partial charge in [0.1, 0.15) is 0 Å². The van der Waals surface area contributed by atoms with Gasteiger partial charge in [-0.3, -0.25) is 0 Å². The van der Waals surface area contributed by atoms with Gasteiger partial charge in [-0.05, 0) is 71.4 Å². The normalized spacial score (nSPS) is 29.2. The molecule has 4 unspecified atom stereocenters. The van der Waals surface area contributed by atoms with E-state index in [1.807, 2.05) is 0 Å². The molecule has 1 aliphatic carbocycles. The molecule has 0 radical (unpaired) electrons. The van der Waals surface area contributed by atoms with Crippen LogP contribution in [0.2, 0.25) is 0 Å². The van der Waals surface area contributed by atoms with Crippen molar-refractivity contribution in [3.63, 3.8) is 0 Å². The van der Waals surface area contributed by atoms with Gasteiger partial charge in [-0.15, -0.1) is 0 Å². The molecular formula is C17H26IN. The SMILES string of the molecule is CCNC(c1ccccc1I)C1CCC(C)C(C)C1. The van der Waals surface area contributed by atoms with Gasteiger partial charge >= 0.3 is 0 Å². The van der Waals surface area contributed by atoms with Crippen LogP contribution in [0.25, 0.3) is 0 Å². The summed E-state index contributed by atoms with van der Waals surface area (Å²) < 4.78 is 1.40. The van der Waals surface area contributed by atoms with Gasteiger partial charge < -0.3 is 5.32 Å². The lowest BCUT2D eigenvalue weighted by molar-refractivity contribution is 0.171. The second kappa shape index (κ2) is 7.07.